The van der Waals surface area contributed by atoms with Crippen LogP contribution in [0.25, 0.3) is 0 Å². The highest BCUT2D eigenvalue weighted by Gasteiger charge is 2.61. The monoisotopic (exact) mass is 407 g/mol. The van der Waals surface area contributed by atoms with Gasteiger partial charge in [-0.3, -0.25) is 21.3 Å². The fraction of sp³-hybridized carbons (Fsp3) is 1.00. The third kappa shape index (κ3) is 3.36. The van der Waals surface area contributed by atoms with E-state index in [-0.39, 0.29) is 17.1 Å². The van der Waals surface area contributed by atoms with Crippen molar-refractivity contribution in [3.05, 3.63) is 0 Å². The molecule has 160 valence electrons. The topological polar surface area (TPSA) is 74.1 Å². The van der Waals surface area contributed by atoms with Gasteiger partial charge in [-0.05, 0) is 43.4 Å². The first-order valence-corrected chi connectivity index (χ1v) is 12.7. The largest absolute Gasteiger partial charge is 0.301 e. The Hall–Kier alpha value is 0.150. The second-order valence-corrected chi connectivity index (χ2v) is 11.0. The third-order valence-corrected chi connectivity index (χ3v) is 9.40. The molecule has 6 heteroatoms. The van der Waals surface area contributed by atoms with E-state index in [9.17, 15) is 0 Å². The lowest BCUT2D eigenvalue weighted by atomic mass is 9.64. The van der Waals surface area contributed by atoms with Crippen LogP contribution in [-0.4, -0.2) is 29.5 Å². The zero-order valence-electron chi connectivity index (χ0n) is 17.4. The Bertz CT molecular complexity index is 561. The number of thiol groups is 1. The Morgan fingerprint density at radius 2 is 1.54 bits per heavy atom. The van der Waals surface area contributed by atoms with Crippen molar-refractivity contribution < 1.29 is 0 Å². The minimum absolute atomic E-state index is 0.0773. The van der Waals surface area contributed by atoms with Crippen LogP contribution in [0.4, 0.5) is 0 Å². The molecule has 1 spiro atoms. The van der Waals surface area contributed by atoms with Crippen molar-refractivity contribution in [2.75, 3.05) is 6.67 Å². The molecule has 0 aromatic rings. The smallest absolute Gasteiger partial charge is 0.126 e. The van der Waals surface area contributed by atoms with Gasteiger partial charge >= 0.3 is 0 Å². The first-order valence-electron chi connectivity index (χ1n) is 12.1. The molecule has 5 nitrogen and oxygen atoms in total. The van der Waals surface area contributed by atoms with Crippen LogP contribution >= 0.6 is 12.6 Å². The molecule has 5 rings (SSSR count). The molecule has 28 heavy (non-hydrogen) atoms. The molecule has 3 saturated heterocycles. The number of fused-ring (bicyclic) bond motifs is 8. The second kappa shape index (κ2) is 8.01. The maximum Gasteiger partial charge on any atom is 0.126 e. The summed E-state index contributed by atoms with van der Waals surface area (Å²) in [6, 6.07) is 0.279. The van der Waals surface area contributed by atoms with E-state index >= 15 is 0 Å². The van der Waals surface area contributed by atoms with Crippen LogP contribution in [0.5, 0.6) is 0 Å². The highest BCUT2D eigenvalue weighted by molar-refractivity contribution is 7.81. The summed E-state index contributed by atoms with van der Waals surface area (Å²) in [5.74, 6) is 2.28. The fourth-order valence-corrected chi connectivity index (χ4v) is 8.23. The molecular weight excluding hydrogens is 366 g/mol. The van der Waals surface area contributed by atoms with Gasteiger partial charge in [0.1, 0.15) is 5.79 Å². The minimum atomic E-state index is -0.522. The molecule has 3 heterocycles. The van der Waals surface area contributed by atoms with E-state index in [2.05, 4.69) is 21.3 Å². The van der Waals surface area contributed by atoms with E-state index in [1.165, 1.54) is 83.5 Å². The van der Waals surface area contributed by atoms with Crippen molar-refractivity contribution in [1.82, 2.24) is 21.3 Å². The summed E-state index contributed by atoms with van der Waals surface area (Å²) in [6.45, 7) is 0.852. The van der Waals surface area contributed by atoms with Crippen LogP contribution in [0.3, 0.4) is 0 Å². The van der Waals surface area contributed by atoms with Gasteiger partial charge in [-0.15, -0.1) is 0 Å². The molecule has 0 aromatic heterocycles. The summed E-state index contributed by atoms with van der Waals surface area (Å²) < 4.78 is 0. The summed E-state index contributed by atoms with van der Waals surface area (Å²) in [7, 11) is 0. The first-order chi connectivity index (χ1) is 13.6. The number of hydrogen-bond acceptors (Lipinski definition) is 6. The van der Waals surface area contributed by atoms with Crippen molar-refractivity contribution in [2.24, 2.45) is 29.4 Å². The van der Waals surface area contributed by atoms with E-state index in [0.29, 0.717) is 11.8 Å². The highest BCUT2D eigenvalue weighted by atomic mass is 32.1. The standard InChI is InChI=1S/C22H41N5S/c23-22-16-10-6-5-8-15(9-7-11-16)17-12-3-1-2-4-13-18(17)21(27-22)19(20(28)26-22)24-14-25-21/h15-20,24-28H,1-14,23H2. The van der Waals surface area contributed by atoms with E-state index in [1.807, 2.05) is 0 Å². The van der Waals surface area contributed by atoms with Crippen molar-refractivity contribution in [1.29, 1.82) is 0 Å². The average Bonchev–Trinajstić information content (AvgIpc) is 3.09. The van der Waals surface area contributed by atoms with Gasteiger partial charge in [-0.25, -0.2) is 0 Å². The van der Waals surface area contributed by atoms with Crippen LogP contribution in [0.1, 0.15) is 83.5 Å². The molecular formula is C22H41N5S. The van der Waals surface area contributed by atoms with E-state index < -0.39 is 5.79 Å². The Balaban J connectivity index is 1.62. The van der Waals surface area contributed by atoms with Gasteiger partial charge < -0.3 is 5.73 Å². The summed E-state index contributed by atoms with van der Waals surface area (Å²) >= 11 is 5.05. The zero-order chi connectivity index (χ0) is 19.2. The molecule has 2 aliphatic carbocycles. The second-order valence-electron chi connectivity index (χ2n) is 10.4. The van der Waals surface area contributed by atoms with Crippen LogP contribution < -0.4 is 27.0 Å². The lowest BCUT2D eigenvalue weighted by molar-refractivity contribution is -0.0409. The minimum Gasteiger partial charge on any atom is -0.301 e. The average molecular weight is 408 g/mol. The Morgan fingerprint density at radius 3 is 2.43 bits per heavy atom. The van der Waals surface area contributed by atoms with Crippen molar-refractivity contribution >= 4 is 12.6 Å². The SMILES string of the molecule is NC12NC(S)C3NCNC3(N1)C1CCCCCCC1C1CCCCC2CCC1. The Labute approximate surface area is 176 Å². The van der Waals surface area contributed by atoms with Gasteiger partial charge in [0.25, 0.3) is 0 Å². The predicted octanol–water partition coefficient (Wildman–Crippen LogP) is 2.84. The highest BCUT2D eigenvalue weighted by Crippen LogP contribution is 2.48. The molecule has 5 aliphatic rings. The maximum atomic E-state index is 7.18. The predicted molar refractivity (Wildman–Crippen MR) is 118 cm³/mol. The van der Waals surface area contributed by atoms with Gasteiger partial charge in [0.15, 0.2) is 0 Å². The number of nitrogens with two attached hydrogens (primary N) is 1. The van der Waals surface area contributed by atoms with Gasteiger partial charge in [0.05, 0.1) is 17.1 Å². The summed E-state index contributed by atoms with van der Waals surface area (Å²) in [6.07, 6.45) is 17.6. The fourth-order valence-electron chi connectivity index (χ4n) is 7.68. The number of rotatable bonds is 0. The maximum absolute atomic E-state index is 7.18. The lowest BCUT2D eigenvalue weighted by Gasteiger charge is -2.59. The molecule has 8 unspecified atom stereocenters. The van der Waals surface area contributed by atoms with Crippen LogP contribution in [0.15, 0.2) is 0 Å². The van der Waals surface area contributed by atoms with Gasteiger partial charge in [0.2, 0.25) is 0 Å². The van der Waals surface area contributed by atoms with Crippen LogP contribution in [0.2, 0.25) is 0 Å². The quantitative estimate of drug-likeness (QED) is 0.348. The molecule has 0 radical (unpaired) electrons. The van der Waals surface area contributed by atoms with Crippen molar-refractivity contribution in [2.45, 2.75) is 106 Å². The van der Waals surface area contributed by atoms with Crippen LogP contribution in [0, 0.1) is 23.7 Å². The van der Waals surface area contributed by atoms with Crippen molar-refractivity contribution in [3.8, 4) is 0 Å². The Morgan fingerprint density at radius 1 is 0.821 bits per heavy atom. The van der Waals surface area contributed by atoms with Crippen LogP contribution in [-0.2, 0) is 0 Å². The summed E-state index contributed by atoms with van der Waals surface area (Å²) in [5.41, 5.74) is 7.05. The third-order valence-electron chi connectivity index (χ3n) is 8.97. The summed E-state index contributed by atoms with van der Waals surface area (Å²) in [4.78, 5) is 0. The molecule has 8 atom stereocenters. The molecule has 0 aromatic carbocycles. The van der Waals surface area contributed by atoms with Gasteiger partial charge in [0, 0.05) is 12.6 Å². The number of hydrogen-bond donors (Lipinski definition) is 6. The first kappa shape index (κ1) is 20.1. The van der Waals surface area contributed by atoms with E-state index in [1.54, 1.807) is 0 Å². The van der Waals surface area contributed by atoms with Gasteiger partial charge in [-0.2, -0.15) is 12.6 Å². The van der Waals surface area contributed by atoms with Gasteiger partial charge in [-0.1, -0.05) is 57.8 Å². The lowest BCUT2D eigenvalue weighted by Crippen LogP contribution is -2.87. The Kier molecular flexibility index (Phi) is 5.74. The molecule has 6 N–H and O–H groups in total. The normalized spacial score (nSPS) is 52.5. The van der Waals surface area contributed by atoms with E-state index in [4.69, 9.17) is 18.4 Å². The molecule has 3 aliphatic heterocycles. The van der Waals surface area contributed by atoms with Crippen molar-refractivity contribution in [3.63, 3.8) is 0 Å². The molecule has 0 amide bonds. The molecule has 5 fully saturated rings. The number of nitrogens with one attached hydrogen (secondary N) is 4. The summed E-state index contributed by atoms with van der Waals surface area (Å²) in [5, 5.41) is 15.6. The molecule has 2 saturated carbocycles. The van der Waals surface area contributed by atoms with E-state index in [0.717, 1.165) is 18.5 Å². The molecule has 4 bridgehead atoms. The zero-order valence-corrected chi connectivity index (χ0v) is 18.3.